The average Bonchev–Trinajstić information content (AvgIpc) is 2.79. The second kappa shape index (κ2) is 4.66. The molecular formula is C14H11FN2OS. The molecule has 0 radical (unpaired) electrons. The summed E-state index contributed by atoms with van der Waals surface area (Å²) in [5.41, 5.74) is 1.84. The molecule has 0 saturated heterocycles. The van der Waals surface area contributed by atoms with Gasteiger partial charge in [-0.15, -0.1) is 11.8 Å². The van der Waals surface area contributed by atoms with Gasteiger partial charge in [-0.2, -0.15) is 0 Å². The Balaban J connectivity index is 1.99. The summed E-state index contributed by atoms with van der Waals surface area (Å²) in [4.78, 5) is 17.3. The van der Waals surface area contributed by atoms with E-state index in [9.17, 15) is 9.18 Å². The van der Waals surface area contributed by atoms with Crippen LogP contribution in [0.25, 0.3) is 6.08 Å². The van der Waals surface area contributed by atoms with Crippen molar-refractivity contribution in [3.63, 3.8) is 0 Å². The van der Waals surface area contributed by atoms with Gasteiger partial charge in [-0.3, -0.25) is 4.79 Å². The second-order valence-electron chi connectivity index (χ2n) is 4.39. The number of Topliss-reactive ketones (excluding diaryl/α,β-unsaturated/α-hetero) is 1. The number of halogens is 1. The lowest BCUT2D eigenvalue weighted by molar-refractivity contribution is 0.103. The van der Waals surface area contributed by atoms with Gasteiger partial charge in [0.05, 0.1) is 12.0 Å². The van der Waals surface area contributed by atoms with Crippen molar-refractivity contribution in [2.45, 2.75) is 4.90 Å². The molecular weight excluding hydrogens is 263 g/mol. The van der Waals surface area contributed by atoms with Crippen molar-refractivity contribution in [1.82, 2.24) is 9.55 Å². The minimum atomic E-state index is -0.383. The third kappa shape index (κ3) is 2.33. The van der Waals surface area contributed by atoms with Gasteiger partial charge in [-0.05, 0) is 24.3 Å². The number of fused-ring (bicyclic) bond motifs is 1. The number of imidazole rings is 1. The maximum Gasteiger partial charge on any atom is 0.191 e. The van der Waals surface area contributed by atoms with Gasteiger partial charge >= 0.3 is 0 Å². The van der Waals surface area contributed by atoms with Crippen LogP contribution in [0.5, 0.6) is 0 Å². The van der Waals surface area contributed by atoms with Gasteiger partial charge in [0, 0.05) is 35.0 Å². The molecule has 0 bridgehead atoms. The zero-order valence-corrected chi connectivity index (χ0v) is 11.1. The number of rotatable bonds is 1. The van der Waals surface area contributed by atoms with Crippen LogP contribution in [0.15, 0.2) is 41.2 Å². The van der Waals surface area contributed by atoms with Crippen LogP contribution in [0.4, 0.5) is 4.39 Å². The summed E-state index contributed by atoms with van der Waals surface area (Å²) in [5.74, 6) is 0.0966. The lowest BCUT2D eigenvalue weighted by Crippen LogP contribution is -2.12. The molecule has 0 amide bonds. The number of carbonyl (C=O) groups excluding carboxylic acids is 1. The smallest absolute Gasteiger partial charge is 0.191 e. The maximum absolute atomic E-state index is 13.2. The fraction of sp³-hybridized carbons (Fsp3) is 0.143. The van der Waals surface area contributed by atoms with E-state index in [2.05, 4.69) is 4.98 Å². The number of benzene rings is 1. The first-order valence-corrected chi connectivity index (χ1v) is 6.77. The van der Waals surface area contributed by atoms with Crippen LogP contribution in [0.2, 0.25) is 0 Å². The van der Waals surface area contributed by atoms with Gasteiger partial charge in [0.1, 0.15) is 5.82 Å². The Morgan fingerprint density at radius 1 is 1.47 bits per heavy atom. The molecule has 0 fully saturated rings. The molecule has 3 rings (SSSR count). The Hall–Kier alpha value is -1.88. The highest BCUT2D eigenvalue weighted by Crippen LogP contribution is 2.33. The molecule has 2 aromatic rings. The normalized spacial score (nSPS) is 16.7. The number of thioether (sulfide) groups is 1. The molecule has 0 aliphatic carbocycles. The van der Waals surface area contributed by atoms with Crippen LogP contribution in [0.1, 0.15) is 16.1 Å². The monoisotopic (exact) mass is 274 g/mol. The number of hydrogen-bond acceptors (Lipinski definition) is 3. The standard InChI is InChI=1S/C14H11FN2OS/c1-17-6-11(16-8-17)4-9-7-19-13-3-2-10(15)5-12(13)14(9)18/h2-6,8H,7H2,1H3/b9-4-. The Morgan fingerprint density at radius 2 is 2.32 bits per heavy atom. The first-order chi connectivity index (χ1) is 9.13. The quantitative estimate of drug-likeness (QED) is 0.750. The Bertz CT molecular complexity index is 691. The summed E-state index contributed by atoms with van der Waals surface area (Å²) in [6.07, 6.45) is 5.29. The number of aryl methyl sites for hydroxylation is 1. The summed E-state index contributed by atoms with van der Waals surface area (Å²) < 4.78 is 15.0. The van der Waals surface area contributed by atoms with Crippen LogP contribution in [0.3, 0.4) is 0 Å². The lowest BCUT2D eigenvalue weighted by atomic mass is 10.0. The lowest BCUT2D eigenvalue weighted by Gasteiger charge is -2.16. The van der Waals surface area contributed by atoms with Crippen molar-refractivity contribution in [1.29, 1.82) is 0 Å². The van der Waals surface area contributed by atoms with Crippen molar-refractivity contribution >= 4 is 23.6 Å². The average molecular weight is 274 g/mol. The van der Waals surface area contributed by atoms with Gasteiger partial charge in [-0.25, -0.2) is 9.37 Å². The summed E-state index contributed by atoms with van der Waals surface area (Å²) in [7, 11) is 1.87. The zero-order valence-electron chi connectivity index (χ0n) is 10.3. The first-order valence-electron chi connectivity index (χ1n) is 5.79. The number of hydrogen-bond donors (Lipinski definition) is 0. The topological polar surface area (TPSA) is 34.9 Å². The minimum absolute atomic E-state index is 0.112. The van der Waals surface area contributed by atoms with Crippen LogP contribution < -0.4 is 0 Å². The van der Waals surface area contributed by atoms with Gasteiger partial charge < -0.3 is 4.57 Å². The molecule has 2 heterocycles. The molecule has 0 unspecified atom stereocenters. The summed E-state index contributed by atoms with van der Waals surface area (Å²) in [5, 5.41) is 0. The van der Waals surface area contributed by atoms with Crippen LogP contribution in [0, 0.1) is 5.82 Å². The molecule has 1 aromatic heterocycles. The fourth-order valence-electron chi connectivity index (χ4n) is 1.99. The van der Waals surface area contributed by atoms with Gasteiger partial charge in [0.2, 0.25) is 0 Å². The molecule has 0 spiro atoms. The third-order valence-corrected chi connectivity index (χ3v) is 4.03. The maximum atomic E-state index is 13.2. The number of nitrogens with zero attached hydrogens (tertiary/aromatic N) is 2. The molecule has 1 aliphatic heterocycles. The molecule has 1 aromatic carbocycles. The van der Waals surface area contributed by atoms with E-state index in [0.29, 0.717) is 16.9 Å². The van der Waals surface area contributed by atoms with Crippen molar-refractivity contribution < 1.29 is 9.18 Å². The zero-order chi connectivity index (χ0) is 13.4. The van der Waals surface area contributed by atoms with Crippen molar-refractivity contribution in [2.24, 2.45) is 7.05 Å². The van der Waals surface area contributed by atoms with Crippen molar-refractivity contribution in [3.8, 4) is 0 Å². The van der Waals surface area contributed by atoms with E-state index >= 15 is 0 Å². The SMILES string of the molecule is Cn1cnc(/C=C2/CSc3ccc(F)cc3C2=O)c1. The molecule has 19 heavy (non-hydrogen) atoms. The summed E-state index contributed by atoms with van der Waals surface area (Å²) in [6.45, 7) is 0. The predicted molar refractivity (Wildman–Crippen MR) is 72.6 cm³/mol. The number of ketones is 1. The van der Waals surface area contributed by atoms with Crippen LogP contribution in [-0.2, 0) is 7.05 Å². The fourth-order valence-corrected chi connectivity index (χ4v) is 2.99. The third-order valence-electron chi connectivity index (χ3n) is 2.91. The summed E-state index contributed by atoms with van der Waals surface area (Å²) >= 11 is 1.54. The molecule has 0 saturated carbocycles. The van der Waals surface area contributed by atoms with Gasteiger partial charge in [-0.1, -0.05) is 0 Å². The van der Waals surface area contributed by atoms with E-state index in [1.807, 2.05) is 17.8 Å². The number of aromatic nitrogens is 2. The largest absolute Gasteiger partial charge is 0.340 e. The van der Waals surface area contributed by atoms with E-state index in [-0.39, 0.29) is 11.6 Å². The highest BCUT2D eigenvalue weighted by Gasteiger charge is 2.23. The van der Waals surface area contributed by atoms with E-state index in [1.54, 1.807) is 30.2 Å². The van der Waals surface area contributed by atoms with Gasteiger partial charge in [0.15, 0.2) is 5.78 Å². The molecule has 96 valence electrons. The van der Waals surface area contributed by atoms with Crippen molar-refractivity contribution in [2.75, 3.05) is 5.75 Å². The Morgan fingerprint density at radius 3 is 3.05 bits per heavy atom. The van der Waals surface area contributed by atoms with Gasteiger partial charge in [0.25, 0.3) is 0 Å². The first kappa shape index (κ1) is 12.2. The Kier molecular flexibility index (Phi) is 2.98. The van der Waals surface area contributed by atoms with Crippen LogP contribution >= 0.6 is 11.8 Å². The second-order valence-corrected chi connectivity index (χ2v) is 5.41. The van der Waals surface area contributed by atoms with E-state index in [4.69, 9.17) is 0 Å². The number of carbonyl (C=O) groups is 1. The van der Waals surface area contributed by atoms with E-state index < -0.39 is 0 Å². The van der Waals surface area contributed by atoms with Crippen molar-refractivity contribution in [3.05, 3.63) is 53.4 Å². The Labute approximate surface area is 114 Å². The minimum Gasteiger partial charge on any atom is -0.340 e. The summed E-state index contributed by atoms with van der Waals surface area (Å²) in [6, 6.07) is 4.34. The van der Waals surface area contributed by atoms with Crippen LogP contribution in [-0.4, -0.2) is 21.1 Å². The van der Waals surface area contributed by atoms with E-state index in [1.165, 1.54) is 12.1 Å². The van der Waals surface area contributed by atoms with E-state index in [0.717, 1.165) is 10.6 Å². The highest BCUT2D eigenvalue weighted by molar-refractivity contribution is 7.99. The highest BCUT2D eigenvalue weighted by atomic mass is 32.2. The molecule has 0 N–H and O–H groups in total. The molecule has 5 heteroatoms. The molecule has 1 aliphatic rings. The predicted octanol–water partition coefficient (Wildman–Crippen LogP) is 2.93. The molecule has 0 atom stereocenters. The molecule has 3 nitrogen and oxygen atoms in total.